The molecule has 1 aromatic rings. The second kappa shape index (κ2) is 14.8. The molecule has 1 aromatic carbocycles. The first-order valence-electron chi connectivity index (χ1n) is 12.0. The van der Waals surface area contributed by atoms with E-state index in [0.717, 1.165) is 18.4 Å². The van der Waals surface area contributed by atoms with Crippen molar-refractivity contribution in [3.63, 3.8) is 0 Å². The second-order valence-electron chi connectivity index (χ2n) is 8.30. The lowest BCUT2D eigenvalue weighted by Gasteiger charge is -2.07. The van der Waals surface area contributed by atoms with Gasteiger partial charge in [0.2, 0.25) is 0 Å². The number of ether oxygens (including phenoxy) is 1. The quantitative estimate of drug-likeness (QED) is 0.233. The molecule has 1 heterocycles. The summed E-state index contributed by atoms with van der Waals surface area (Å²) in [4.78, 5) is 24.1. The molecule has 0 spiro atoms. The molecule has 2 amide bonds. The van der Waals surface area contributed by atoms with Crippen LogP contribution in [0.4, 0.5) is 0 Å². The van der Waals surface area contributed by atoms with Crippen molar-refractivity contribution in [2.75, 3.05) is 6.61 Å². The van der Waals surface area contributed by atoms with Crippen molar-refractivity contribution in [1.29, 1.82) is 0 Å². The van der Waals surface area contributed by atoms with Crippen LogP contribution in [0.25, 0.3) is 5.57 Å². The molecule has 4 heteroatoms. The first-order chi connectivity index (χ1) is 14.7. The lowest BCUT2D eigenvalue weighted by atomic mass is 10.0. The Hall–Kier alpha value is -2.10. The highest BCUT2D eigenvalue weighted by atomic mass is 16.5. The number of carbonyl (C=O) groups excluding carboxylic acids is 2. The predicted octanol–water partition coefficient (Wildman–Crippen LogP) is 6.55. The maximum atomic E-state index is 12.1. The molecule has 0 aromatic heterocycles. The van der Waals surface area contributed by atoms with Gasteiger partial charge in [0.05, 0.1) is 12.2 Å². The number of amides is 2. The van der Waals surface area contributed by atoms with Gasteiger partial charge < -0.3 is 4.74 Å². The summed E-state index contributed by atoms with van der Waals surface area (Å²) in [6, 6.07) is 9.23. The molecule has 1 N–H and O–H groups in total. The molecule has 0 saturated carbocycles. The van der Waals surface area contributed by atoms with E-state index in [4.69, 9.17) is 4.74 Å². The van der Waals surface area contributed by atoms with Crippen molar-refractivity contribution in [1.82, 2.24) is 5.32 Å². The van der Waals surface area contributed by atoms with Crippen molar-refractivity contribution >= 4 is 17.4 Å². The zero-order valence-electron chi connectivity index (χ0n) is 18.7. The largest absolute Gasteiger partial charge is 0.487 e. The number of imide groups is 1. The Morgan fingerprint density at radius 1 is 0.667 bits per heavy atom. The van der Waals surface area contributed by atoms with E-state index in [0.29, 0.717) is 12.2 Å². The Labute approximate surface area is 182 Å². The molecule has 30 heavy (non-hydrogen) atoms. The van der Waals surface area contributed by atoms with Gasteiger partial charge in [-0.2, -0.15) is 0 Å². The van der Waals surface area contributed by atoms with Gasteiger partial charge in [0.1, 0.15) is 0 Å². The SMILES string of the molecule is CCCCCCCCCCCCCCCCOC1=C(c2ccccc2)C(=O)NC1=O. The van der Waals surface area contributed by atoms with Gasteiger partial charge in [-0.1, -0.05) is 121 Å². The summed E-state index contributed by atoms with van der Waals surface area (Å²) in [6.07, 6.45) is 18.3. The molecule has 166 valence electrons. The molecular weight excluding hydrogens is 374 g/mol. The Morgan fingerprint density at radius 3 is 1.70 bits per heavy atom. The number of nitrogens with one attached hydrogen (secondary N) is 1. The number of carbonyl (C=O) groups is 2. The first kappa shape index (κ1) is 24.2. The van der Waals surface area contributed by atoms with Gasteiger partial charge in [0.25, 0.3) is 11.8 Å². The van der Waals surface area contributed by atoms with Gasteiger partial charge in [-0.3, -0.25) is 14.9 Å². The van der Waals surface area contributed by atoms with Gasteiger partial charge in [-0.05, 0) is 12.0 Å². The molecule has 0 fully saturated rings. The number of hydrogen-bond donors (Lipinski definition) is 1. The first-order valence-corrected chi connectivity index (χ1v) is 12.0. The Morgan fingerprint density at radius 2 is 1.17 bits per heavy atom. The topological polar surface area (TPSA) is 55.4 Å². The van der Waals surface area contributed by atoms with Crippen LogP contribution >= 0.6 is 0 Å². The van der Waals surface area contributed by atoms with E-state index in [1.807, 2.05) is 30.3 Å². The number of rotatable bonds is 17. The third kappa shape index (κ3) is 8.73. The van der Waals surface area contributed by atoms with Crippen molar-refractivity contribution in [3.8, 4) is 0 Å². The van der Waals surface area contributed by atoms with E-state index < -0.39 is 5.91 Å². The highest BCUT2D eigenvalue weighted by Crippen LogP contribution is 2.25. The van der Waals surface area contributed by atoms with Gasteiger partial charge >= 0.3 is 0 Å². The Bertz CT molecular complexity index is 666. The minimum Gasteiger partial charge on any atom is -0.487 e. The van der Waals surface area contributed by atoms with Gasteiger partial charge in [0, 0.05) is 0 Å². The molecule has 0 aliphatic carbocycles. The van der Waals surface area contributed by atoms with Crippen LogP contribution in [0.15, 0.2) is 36.1 Å². The molecule has 4 nitrogen and oxygen atoms in total. The van der Waals surface area contributed by atoms with Crippen molar-refractivity contribution in [2.45, 2.75) is 96.8 Å². The van der Waals surface area contributed by atoms with Gasteiger partial charge in [-0.25, -0.2) is 0 Å². The summed E-state index contributed by atoms with van der Waals surface area (Å²) in [6.45, 7) is 2.74. The van der Waals surface area contributed by atoms with Crippen LogP contribution in [0, 0.1) is 0 Å². The van der Waals surface area contributed by atoms with Crippen molar-refractivity contribution < 1.29 is 14.3 Å². The lowest BCUT2D eigenvalue weighted by molar-refractivity contribution is -0.125. The molecule has 1 aliphatic heterocycles. The second-order valence-corrected chi connectivity index (χ2v) is 8.30. The van der Waals surface area contributed by atoms with Crippen LogP contribution in [0.5, 0.6) is 0 Å². The third-order valence-corrected chi connectivity index (χ3v) is 5.69. The maximum Gasteiger partial charge on any atom is 0.294 e. The maximum absolute atomic E-state index is 12.1. The fourth-order valence-corrected chi connectivity index (χ4v) is 3.91. The Balaban J connectivity index is 1.51. The van der Waals surface area contributed by atoms with E-state index in [9.17, 15) is 9.59 Å². The number of hydrogen-bond acceptors (Lipinski definition) is 3. The van der Waals surface area contributed by atoms with E-state index >= 15 is 0 Å². The zero-order valence-corrected chi connectivity index (χ0v) is 18.7. The normalized spacial score (nSPS) is 13.8. The average molecular weight is 414 g/mol. The van der Waals surface area contributed by atoms with Crippen LogP contribution in [-0.4, -0.2) is 18.4 Å². The van der Waals surface area contributed by atoms with E-state index in [-0.39, 0.29) is 11.7 Å². The monoisotopic (exact) mass is 413 g/mol. The molecule has 0 radical (unpaired) electrons. The molecule has 1 aliphatic rings. The number of benzene rings is 1. The Kier molecular flexibility index (Phi) is 11.9. The molecule has 2 rings (SSSR count). The minimum absolute atomic E-state index is 0.167. The van der Waals surface area contributed by atoms with Crippen LogP contribution in [0.3, 0.4) is 0 Å². The predicted molar refractivity (Wildman–Crippen MR) is 123 cm³/mol. The van der Waals surface area contributed by atoms with Crippen LogP contribution < -0.4 is 5.32 Å². The highest BCUT2D eigenvalue weighted by Gasteiger charge is 2.32. The zero-order chi connectivity index (χ0) is 21.4. The van der Waals surface area contributed by atoms with E-state index in [1.165, 1.54) is 77.0 Å². The highest BCUT2D eigenvalue weighted by molar-refractivity contribution is 6.35. The summed E-state index contributed by atoms with van der Waals surface area (Å²) in [5.41, 5.74) is 1.07. The van der Waals surface area contributed by atoms with E-state index in [2.05, 4.69) is 12.2 Å². The summed E-state index contributed by atoms with van der Waals surface area (Å²) >= 11 is 0. The van der Waals surface area contributed by atoms with Crippen LogP contribution in [0.2, 0.25) is 0 Å². The van der Waals surface area contributed by atoms with Gasteiger partial charge in [-0.15, -0.1) is 0 Å². The van der Waals surface area contributed by atoms with Crippen molar-refractivity contribution in [3.05, 3.63) is 41.7 Å². The average Bonchev–Trinajstić information content (AvgIpc) is 3.04. The fraction of sp³-hybridized carbons (Fsp3) is 0.615. The summed E-state index contributed by atoms with van der Waals surface area (Å²) in [7, 11) is 0. The van der Waals surface area contributed by atoms with E-state index in [1.54, 1.807) is 0 Å². The molecular formula is C26H39NO3. The molecule has 0 unspecified atom stereocenters. The van der Waals surface area contributed by atoms with Crippen LogP contribution in [-0.2, 0) is 14.3 Å². The molecule has 0 saturated heterocycles. The summed E-state index contributed by atoms with van der Waals surface area (Å²) < 4.78 is 5.71. The minimum atomic E-state index is -0.427. The number of unbranched alkanes of at least 4 members (excludes halogenated alkanes) is 13. The molecule has 0 atom stereocenters. The van der Waals surface area contributed by atoms with Crippen LogP contribution in [0.1, 0.15) is 102 Å². The standard InChI is InChI=1S/C26H39NO3/c1-2-3-4-5-6-7-8-9-10-11-12-13-14-18-21-30-24-23(25(28)27-26(24)29)22-19-16-15-17-20-22/h15-17,19-20H,2-14,18,21H2,1H3,(H,27,28,29). The lowest BCUT2D eigenvalue weighted by Crippen LogP contribution is -2.23. The fourth-order valence-electron chi connectivity index (χ4n) is 3.91. The third-order valence-electron chi connectivity index (χ3n) is 5.69. The van der Waals surface area contributed by atoms with Gasteiger partial charge in [0.15, 0.2) is 5.76 Å². The smallest absolute Gasteiger partial charge is 0.294 e. The summed E-state index contributed by atoms with van der Waals surface area (Å²) in [5.74, 6) is -0.632. The summed E-state index contributed by atoms with van der Waals surface area (Å²) in [5, 5.41) is 2.34. The molecule has 0 bridgehead atoms. The van der Waals surface area contributed by atoms with Crippen molar-refractivity contribution in [2.24, 2.45) is 0 Å².